The zero-order valence-electron chi connectivity index (χ0n) is 20.0. The second kappa shape index (κ2) is 10.7. The standard InChI is InChI=1S/C26H32N2O6/c1-5-28(26(2,3)24(30)31)23(29)14-17(33-4)15-27-25(32)34-16-22-20-12-8-6-10-18(20)19-11-7-9-13-21(19)22/h6-13,17,22H,5,14-16H2,1-4H3,(H,27,32)(H,30,31). The minimum Gasteiger partial charge on any atom is -0.480 e. The molecule has 1 unspecified atom stereocenters. The number of carboxylic acids is 1. The summed E-state index contributed by atoms with van der Waals surface area (Å²) in [6.45, 7) is 5.17. The molecule has 2 aromatic carbocycles. The van der Waals surface area contributed by atoms with E-state index in [1.165, 1.54) is 25.9 Å². The van der Waals surface area contributed by atoms with Gasteiger partial charge in [-0.1, -0.05) is 48.5 Å². The van der Waals surface area contributed by atoms with Crippen molar-refractivity contribution >= 4 is 18.0 Å². The summed E-state index contributed by atoms with van der Waals surface area (Å²) >= 11 is 0. The van der Waals surface area contributed by atoms with E-state index in [0.29, 0.717) is 0 Å². The van der Waals surface area contributed by atoms with Crippen molar-refractivity contribution in [3.8, 4) is 11.1 Å². The predicted molar refractivity (Wildman–Crippen MR) is 128 cm³/mol. The summed E-state index contributed by atoms with van der Waals surface area (Å²) in [7, 11) is 1.44. The predicted octanol–water partition coefficient (Wildman–Crippen LogP) is 3.64. The van der Waals surface area contributed by atoms with Crippen molar-refractivity contribution in [3.63, 3.8) is 0 Å². The fraction of sp³-hybridized carbons (Fsp3) is 0.423. The van der Waals surface area contributed by atoms with E-state index in [4.69, 9.17) is 9.47 Å². The van der Waals surface area contributed by atoms with Crippen LogP contribution >= 0.6 is 0 Å². The van der Waals surface area contributed by atoms with Gasteiger partial charge in [-0.3, -0.25) is 4.79 Å². The van der Waals surface area contributed by atoms with Crippen LogP contribution < -0.4 is 5.32 Å². The van der Waals surface area contributed by atoms with Gasteiger partial charge in [-0.05, 0) is 43.0 Å². The Labute approximate surface area is 199 Å². The Morgan fingerprint density at radius 2 is 1.62 bits per heavy atom. The second-order valence-corrected chi connectivity index (χ2v) is 8.77. The number of rotatable bonds is 10. The minimum absolute atomic E-state index is 0.0469. The highest BCUT2D eigenvalue weighted by Crippen LogP contribution is 2.44. The first-order valence-electron chi connectivity index (χ1n) is 11.4. The molecule has 0 saturated heterocycles. The summed E-state index contributed by atoms with van der Waals surface area (Å²) in [6.07, 6.45) is -1.29. The van der Waals surface area contributed by atoms with Crippen LogP contribution in [0.1, 0.15) is 44.2 Å². The Hall–Kier alpha value is -3.39. The molecule has 0 aromatic heterocycles. The topological polar surface area (TPSA) is 105 Å². The Morgan fingerprint density at radius 1 is 1.06 bits per heavy atom. The fourth-order valence-corrected chi connectivity index (χ4v) is 4.39. The summed E-state index contributed by atoms with van der Waals surface area (Å²) in [5.74, 6) is -1.50. The zero-order chi connectivity index (χ0) is 24.9. The molecule has 0 spiro atoms. The molecule has 0 aliphatic heterocycles. The number of nitrogens with zero attached hydrogens (tertiary/aromatic N) is 1. The lowest BCUT2D eigenvalue weighted by Crippen LogP contribution is -2.53. The van der Waals surface area contributed by atoms with E-state index in [1.54, 1.807) is 6.92 Å². The summed E-state index contributed by atoms with van der Waals surface area (Å²) in [4.78, 5) is 37.9. The Balaban J connectivity index is 1.55. The van der Waals surface area contributed by atoms with E-state index in [0.717, 1.165) is 22.3 Å². The van der Waals surface area contributed by atoms with Gasteiger partial charge in [0.05, 0.1) is 12.5 Å². The molecule has 1 aliphatic rings. The summed E-state index contributed by atoms with van der Waals surface area (Å²) < 4.78 is 10.9. The van der Waals surface area contributed by atoms with Crippen LogP contribution in [-0.4, -0.2) is 66.4 Å². The highest BCUT2D eigenvalue weighted by molar-refractivity contribution is 5.86. The summed E-state index contributed by atoms with van der Waals surface area (Å²) in [5, 5.41) is 12.1. The lowest BCUT2D eigenvalue weighted by atomic mass is 9.98. The van der Waals surface area contributed by atoms with Gasteiger partial charge in [0.1, 0.15) is 12.1 Å². The number of ether oxygens (including phenoxy) is 2. The van der Waals surface area contributed by atoms with Gasteiger partial charge in [-0.15, -0.1) is 0 Å². The van der Waals surface area contributed by atoms with E-state index in [-0.39, 0.29) is 37.9 Å². The van der Waals surface area contributed by atoms with Crippen molar-refractivity contribution in [2.45, 2.75) is 44.8 Å². The van der Waals surface area contributed by atoms with Crippen molar-refractivity contribution in [2.75, 3.05) is 26.8 Å². The maximum absolute atomic E-state index is 12.7. The monoisotopic (exact) mass is 468 g/mol. The van der Waals surface area contributed by atoms with E-state index in [9.17, 15) is 19.5 Å². The number of alkyl carbamates (subject to hydrolysis) is 1. The first kappa shape index (κ1) is 25.2. The van der Waals surface area contributed by atoms with Gasteiger partial charge < -0.3 is 24.8 Å². The van der Waals surface area contributed by atoms with Gasteiger partial charge >= 0.3 is 12.1 Å². The molecular formula is C26H32N2O6. The average Bonchev–Trinajstić information content (AvgIpc) is 3.14. The van der Waals surface area contributed by atoms with Crippen LogP contribution in [0.15, 0.2) is 48.5 Å². The Kier molecular flexibility index (Phi) is 7.94. The van der Waals surface area contributed by atoms with Gasteiger partial charge in [-0.2, -0.15) is 0 Å². The fourth-order valence-electron chi connectivity index (χ4n) is 4.39. The summed E-state index contributed by atoms with van der Waals surface area (Å²) in [5.41, 5.74) is 3.20. The number of carbonyl (C=O) groups excluding carboxylic acids is 2. The smallest absolute Gasteiger partial charge is 0.407 e. The maximum atomic E-state index is 12.7. The van der Waals surface area contributed by atoms with E-state index >= 15 is 0 Å². The number of amides is 2. The highest BCUT2D eigenvalue weighted by Gasteiger charge is 2.37. The molecule has 8 heteroatoms. The Bertz CT molecular complexity index is 1010. The number of nitrogens with one attached hydrogen (secondary N) is 1. The first-order valence-corrected chi connectivity index (χ1v) is 11.4. The van der Waals surface area contributed by atoms with Crippen molar-refractivity contribution in [1.82, 2.24) is 10.2 Å². The number of benzene rings is 2. The van der Waals surface area contributed by atoms with Crippen molar-refractivity contribution in [3.05, 3.63) is 59.7 Å². The number of aliphatic carboxylic acids is 1. The van der Waals surface area contributed by atoms with Crippen LogP contribution in [0.5, 0.6) is 0 Å². The molecule has 0 radical (unpaired) electrons. The third-order valence-electron chi connectivity index (χ3n) is 6.37. The van der Waals surface area contributed by atoms with Crippen LogP contribution in [0.4, 0.5) is 4.79 Å². The molecule has 182 valence electrons. The van der Waals surface area contributed by atoms with Crippen LogP contribution in [0, 0.1) is 0 Å². The SMILES string of the molecule is CCN(C(=O)CC(CNC(=O)OCC1c2ccccc2-c2ccccc21)OC)C(C)(C)C(=O)O. The normalized spacial score (nSPS) is 13.5. The quantitative estimate of drug-likeness (QED) is 0.552. The minimum atomic E-state index is -1.34. The number of carbonyl (C=O) groups is 3. The third-order valence-corrected chi connectivity index (χ3v) is 6.37. The highest BCUT2D eigenvalue weighted by atomic mass is 16.5. The second-order valence-electron chi connectivity index (χ2n) is 8.77. The zero-order valence-corrected chi connectivity index (χ0v) is 20.0. The van der Waals surface area contributed by atoms with Crippen LogP contribution in [0.3, 0.4) is 0 Å². The molecule has 0 fully saturated rings. The van der Waals surface area contributed by atoms with Gasteiger partial charge in [0.2, 0.25) is 5.91 Å². The number of hydrogen-bond donors (Lipinski definition) is 2. The molecule has 2 N–H and O–H groups in total. The number of hydrogen-bond acceptors (Lipinski definition) is 5. The van der Waals surface area contributed by atoms with Crippen molar-refractivity contribution in [1.29, 1.82) is 0 Å². The number of fused-ring (bicyclic) bond motifs is 3. The molecule has 0 bridgehead atoms. The number of likely N-dealkylation sites (N-methyl/N-ethyl adjacent to an activating group) is 1. The molecule has 2 aromatic rings. The van der Waals surface area contributed by atoms with Gasteiger partial charge in [0.15, 0.2) is 0 Å². The molecule has 8 nitrogen and oxygen atoms in total. The first-order chi connectivity index (χ1) is 16.2. The summed E-state index contributed by atoms with van der Waals surface area (Å²) in [6, 6.07) is 16.2. The average molecular weight is 469 g/mol. The molecule has 34 heavy (non-hydrogen) atoms. The van der Waals surface area contributed by atoms with Crippen molar-refractivity contribution in [2.24, 2.45) is 0 Å². The van der Waals surface area contributed by atoms with Gasteiger partial charge in [0.25, 0.3) is 0 Å². The molecule has 2 amide bonds. The number of methoxy groups -OCH3 is 1. The lowest BCUT2D eigenvalue weighted by Gasteiger charge is -2.35. The van der Waals surface area contributed by atoms with Crippen molar-refractivity contribution < 1.29 is 29.0 Å². The third kappa shape index (κ3) is 5.22. The van der Waals surface area contributed by atoms with Crippen LogP contribution in [0.25, 0.3) is 11.1 Å². The van der Waals surface area contributed by atoms with Crippen LogP contribution in [-0.2, 0) is 19.1 Å². The number of carboxylic acid groups (broad SMARTS) is 1. The van der Waals surface area contributed by atoms with E-state index in [2.05, 4.69) is 17.4 Å². The largest absolute Gasteiger partial charge is 0.480 e. The van der Waals surface area contributed by atoms with Gasteiger partial charge in [-0.25, -0.2) is 9.59 Å². The molecule has 1 atom stereocenters. The Morgan fingerprint density at radius 3 is 2.12 bits per heavy atom. The van der Waals surface area contributed by atoms with Crippen LogP contribution in [0.2, 0.25) is 0 Å². The lowest BCUT2D eigenvalue weighted by molar-refractivity contribution is -0.157. The van der Waals surface area contributed by atoms with E-state index in [1.807, 2.05) is 36.4 Å². The van der Waals surface area contributed by atoms with E-state index < -0.39 is 23.7 Å². The molecule has 0 saturated carbocycles. The van der Waals surface area contributed by atoms with Gasteiger partial charge in [0, 0.05) is 26.1 Å². The molecular weight excluding hydrogens is 436 g/mol. The molecule has 1 aliphatic carbocycles. The molecule has 3 rings (SSSR count). The molecule has 0 heterocycles. The maximum Gasteiger partial charge on any atom is 0.407 e.